The summed E-state index contributed by atoms with van der Waals surface area (Å²) in [6.45, 7) is 1.73. The number of carbonyl (C=O) groups is 1. The van der Waals surface area contributed by atoms with Crippen LogP contribution in [0.1, 0.15) is 28.8 Å². The molecular formula is C17H18N2O4S. The van der Waals surface area contributed by atoms with Crippen molar-refractivity contribution in [2.45, 2.75) is 30.7 Å². The Balaban J connectivity index is 1.88. The highest BCUT2D eigenvalue weighted by molar-refractivity contribution is 7.89. The van der Waals surface area contributed by atoms with Crippen LogP contribution in [0.25, 0.3) is 0 Å². The minimum Gasteiger partial charge on any atom is -0.506 e. The maximum absolute atomic E-state index is 12.5. The molecule has 1 aliphatic carbocycles. The average Bonchev–Trinajstić information content (AvgIpc) is 3.33. The third-order valence-corrected chi connectivity index (χ3v) is 5.33. The fourth-order valence-electron chi connectivity index (χ4n) is 2.27. The van der Waals surface area contributed by atoms with E-state index in [0.29, 0.717) is 5.56 Å². The molecule has 2 aromatic rings. The van der Waals surface area contributed by atoms with Crippen molar-refractivity contribution in [1.82, 2.24) is 4.72 Å². The fraction of sp³-hybridized carbons (Fsp3) is 0.235. The van der Waals surface area contributed by atoms with Gasteiger partial charge in [-0.3, -0.25) is 4.79 Å². The van der Waals surface area contributed by atoms with Gasteiger partial charge in [0, 0.05) is 11.6 Å². The van der Waals surface area contributed by atoms with E-state index in [2.05, 4.69) is 10.0 Å². The second kappa shape index (κ2) is 6.26. The molecule has 0 saturated heterocycles. The number of nitrogens with one attached hydrogen (secondary N) is 2. The fourth-order valence-corrected chi connectivity index (χ4v) is 3.60. The third-order valence-electron chi connectivity index (χ3n) is 3.82. The lowest BCUT2D eigenvalue weighted by molar-refractivity contribution is 0.102. The molecule has 0 aliphatic heterocycles. The number of phenolic OH excluding ortho intramolecular Hbond substituents is 1. The SMILES string of the molecule is Cc1ccc(S(=O)(=O)NC2CC2)cc1C(=O)Nc1ccccc1O. The van der Waals surface area contributed by atoms with E-state index in [1.165, 1.54) is 18.2 Å². The molecule has 1 amide bonds. The van der Waals surface area contributed by atoms with Crippen LogP contribution in [0, 0.1) is 6.92 Å². The summed E-state index contributed by atoms with van der Waals surface area (Å²) in [5.74, 6) is -0.528. The van der Waals surface area contributed by atoms with Crippen LogP contribution >= 0.6 is 0 Å². The Hall–Kier alpha value is -2.38. The maximum Gasteiger partial charge on any atom is 0.256 e. The summed E-state index contributed by atoms with van der Waals surface area (Å²) in [4.78, 5) is 12.5. The highest BCUT2D eigenvalue weighted by Gasteiger charge is 2.28. The van der Waals surface area contributed by atoms with Gasteiger partial charge in [-0.15, -0.1) is 0 Å². The van der Waals surface area contributed by atoms with E-state index in [0.717, 1.165) is 12.8 Å². The Kier molecular flexibility index (Phi) is 4.29. The van der Waals surface area contributed by atoms with Crippen molar-refractivity contribution >= 4 is 21.6 Å². The number of anilines is 1. The molecule has 2 aromatic carbocycles. The maximum atomic E-state index is 12.5. The van der Waals surface area contributed by atoms with Gasteiger partial charge in [0.2, 0.25) is 10.0 Å². The Morgan fingerprint density at radius 2 is 1.88 bits per heavy atom. The number of aromatic hydroxyl groups is 1. The van der Waals surface area contributed by atoms with Crippen LogP contribution in [0.15, 0.2) is 47.4 Å². The number of amides is 1. The Bertz CT molecular complexity index is 889. The van der Waals surface area contributed by atoms with Crippen molar-refractivity contribution in [3.05, 3.63) is 53.6 Å². The second-order valence-corrected chi connectivity index (χ2v) is 7.56. The molecule has 1 fully saturated rings. The molecule has 0 heterocycles. The molecule has 3 N–H and O–H groups in total. The van der Waals surface area contributed by atoms with Crippen LogP contribution in [-0.4, -0.2) is 25.5 Å². The average molecular weight is 346 g/mol. The van der Waals surface area contributed by atoms with Crippen LogP contribution in [0.5, 0.6) is 5.75 Å². The number of hydrogen-bond acceptors (Lipinski definition) is 4. The molecule has 7 heteroatoms. The van der Waals surface area contributed by atoms with E-state index in [4.69, 9.17) is 0 Å². The molecule has 3 rings (SSSR count). The summed E-state index contributed by atoms with van der Waals surface area (Å²) in [6, 6.07) is 10.8. The monoisotopic (exact) mass is 346 g/mol. The first-order valence-corrected chi connectivity index (χ1v) is 9.07. The number of hydrogen-bond donors (Lipinski definition) is 3. The minimum atomic E-state index is -3.63. The Labute approximate surface area is 140 Å². The highest BCUT2D eigenvalue weighted by Crippen LogP contribution is 2.25. The van der Waals surface area contributed by atoms with Gasteiger partial charge in [-0.25, -0.2) is 13.1 Å². The van der Waals surface area contributed by atoms with E-state index >= 15 is 0 Å². The molecule has 0 radical (unpaired) electrons. The van der Waals surface area contributed by atoms with Gasteiger partial charge in [-0.2, -0.15) is 0 Å². The lowest BCUT2D eigenvalue weighted by Crippen LogP contribution is -2.26. The smallest absolute Gasteiger partial charge is 0.256 e. The van der Waals surface area contributed by atoms with Gasteiger partial charge in [0.1, 0.15) is 5.75 Å². The molecule has 24 heavy (non-hydrogen) atoms. The van der Waals surface area contributed by atoms with E-state index in [1.54, 1.807) is 31.2 Å². The number of rotatable bonds is 5. The van der Waals surface area contributed by atoms with Crippen molar-refractivity contribution in [1.29, 1.82) is 0 Å². The summed E-state index contributed by atoms with van der Waals surface area (Å²) in [6.07, 6.45) is 1.68. The first-order chi connectivity index (χ1) is 11.4. The van der Waals surface area contributed by atoms with Crippen LogP contribution in [0.2, 0.25) is 0 Å². The summed E-state index contributed by atoms with van der Waals surface area (Å²) in [5.41, 5.74) is 1.16. The van der Waals surface area contributed by atoms with Gasteiger partial charge in [-0.1, -0.05) is 18.2 Å². The largest absolute Gasteiger partial charge is 0.506 e. The highest BCUT2D eigenvalue weighted by atomic mass is 32.2. The van der Waals surface area contributed by atoms with Crippen LogP contribution in [-0.2, 0) is 10.0 Å². The van der Waals surface area contributed by atoms with E-state index < -0.39 is 15.9 Å². The van der Waals surface area contributed by atoms with Crippen molar-refractivity contribution in [2.75, 3.05) is 5.32 Å². The van der Waals surface area contributed by atoms with Gasteiger partial charge < -0.3 is 10.4 Å². The van der Waals surface area contributed by atoms with Gasteiger partial charge in [0.15, 0.2) is 0 Å². The topological polar surface area (TPSA) is 95.5 Å². The summed E-state index contributed by atoms with van der Waals surface area (Å²) < 4.78 is 27.2. The Morgan fingerprint density at radius 1 is 1.17 bits per heavy atom. The summed E-state index contributed by atoms with van der Waals surface area (Å²) in [5, 5.41) is 12.3. The lowest BCUT2D eigenvalue weighted by atomic mass is 10.1. The molecule has 0 bridgehead atoms. The summed E-state index contributed by atoms with van der Waals surface area (Å²) >= 11 is 0. The normalized spacial score (nSPS) is 14.4. The molecule has 0 atom stereocenters. The van der Waals surface area contributed by atoms with Crippen molar-refractivity contribution in [3.8, 4) is 5.75 Å². The van der Waals surface area contributed by atoms with Gasteiger partial charge in [0.05, 0.1) is 10.6 Å². The van der Waals surface area contributed by atoms with Crippen molar-refractivity contribution in [3.63, 3.8) is 0 Å². The van der Waals surface area contributed by atoms with Gasteiger partial charge in [-0.05, 0) is 49.6 Å². The van der Waals surface area contributed by atoms with Crippen LogP contribution in [0.4, 0.5) is 5.69 Å². The van der Waals surface area contributed by atoms with E-state index in [-0.39, 0.29) is 27.9 Å². The zero-order valence-corrected chi connectivity index (χ0v) is 13.9. The molecule has 0 aromatic heterocycles. The number of para-hydroxylation sites is 2. The Morgan fingerprint density at radius 3 is 2.54 bits per heavy atom. The predicted molar refractivity (Wildman–Crippen MR) is 90.6 cm³/mol. The molecule has 1 saturated carbocycles. The number of carbonyl (C=O) groups excluding carboxylic acids is 1. The first-order valence-electron chi connectivity index (χ1n) is 7.59. The second-order valence-electron chi connectivity index (χ2n) is 5.84. The van der Waals surface area contributed by atoms with Gasteiger partial charge >= 0.3 is 0 Å². The van der Waals surface area contributed by atoms with Crippen molar-refractivity contribution in [2.24, 2.45) is 0 Å². The standard InChI is InChI=1S/C17H18N2O4S/c1-11-6-9-13(24(22,23)19-12-7-8-12)10-14(11)17(21)18-15-4-2-3-5-16(15)20/h2-6,9-10,12,19-20H,7-8H2,1H3,(H,18,21). The molecule has 126 valence electrons. The quantitative estimate of drug-likeness (QED) is 0.725. The molecule has 0 unspecified atom stereocenters. The van der Waals surface area contributed by atoms with Crippen molar-refractivity contribution < 1.29 is 18.3 Å². The third kappa shape index (κ3) is 3.58. The molecule has 6 nitrogen and oxygen atoms in total. The summed E-state index contributed by atoms with van der Waals surface area (Å²) in [7, 11) is -3.63. The van der Waals surface area contributed by atoms with E-state index in [9.17, 15) is 18.3 Å². The number of sulfonamides is 1. The van der Waals surface area contributed by atoms with Crippen LogP contribution < -0.4 is 10.0 Å². The number of benzene rings is 2. The molecule has 0 spiro atoms. The minimum absolute atomic E-state index is 0.00477. The van der Waals surface area contributed by atoms with Gasteiger partial charge in [0.25, 0.3) is 5.91 Å². The lowest BCUT2D eigenvalue weighted by Gasteiger charge is -2.11. The number of phenols is 1. The zero-order chi connectivity index (χ0) is 17.3. The van der Waals surface area contributed by atoms with E-state index in [1.807, 2.05) is 0 Å². The molecule has 1 aliphatic rings. The zero-order valence-electron chi connectivity index (χ0n) is 13.1. The molecular weight excluding hydrogens is 328 g/mol. The predicted octanol–water partition coefficient (Wildman–Crippen LogP) is 2.39. The number of aryl methyl sites for hydroxylation is 1. The van der Waals surface area contributed by atoms with Crippen LogP contribution in [0.3, 0.4) is 0 Å². The first kappa shape index (κ1) is 16.5.